The van der Waals surface area contributed by atoms with Gasteiger partial charge in [-0.15, -0.1) is 0 Å². The molecule has 0 aliphatic heterocycles. The highest BCUT2D eigenvalue weighted by atomic mass is 16.5. The lowest BCUT2D eigenvalue weighted by atomic mass is 10.2. The minimum absolute atomic E-state index is 0.0589. The van der Waals surface area contributed by atoms with E-state index < -0.39 is 0 Å². The molecule has 0 radical (unpaired) electrons. The van der Waals surface area contributed by atoms with E-state index in [9.17, 15) is 9.59 Å². The van der Waals surface area contributed by atoms with E-state index in [4.69, 9.17) is 4.74 Å². The minimum atomic E-state index is -0.232. The Morgan fingerprint density at radius 3 is 2.83 bits per heavy atom. The van der Waals surface area contributed by atoms with Crippen LogP contribution in [0.1, 0.15) is 12.2 Å². The van der Waals surface area contributed by atoms with Crippen molar-refractivity contribution in [1.82, 2.24) is 19.9 Å². The SMILES string of the molecule is Cc1nc2ccccc2c(=O)n1CC(=O)NCCCOc1cccc2cccnc12. The average Bonchev–Trinajstić information content (AvgIpc) is 2.76. The van der Waals surface area contributed by atoms with Gasteiger partial charge in [-0.05, 0) is 37.6 Å². The van der Waals surface area contributed by atoms with Gasteiger partial charge >= 0.3 is 0 Å². The Morgan fingerprint density at radius 2 is 1.93 bits per heavy atom. The van der Waals surface area contributed by atoms with Crippen LogP contribution in [0.3, 0.4) is 0 Å². The van der Waals surface area contributed by atoms with Crippen LogP contribution >= 0.6 is 0 Å². The van der Waals surface area contributed by atoms with Crippen LogP contribution in [-0.4, -0.2) is 33.6 Å². The highest BCUT2D eigenvalue weighted by Crippen LogP contribution is 2.22. The number of hydrogen-bond donors (Lipinski definition) is 1. The van der Waals surface area contributed by atoms with Crippen LogP contribution in [-0.2, 0) is 11.3 Å². The molecule has 0 aliphatic carbocycles. The second-order valence-electron chi connectivity index (χ2n) is 6.95. The molecule has 2 aromatic carbocycles. The summed E-state index contributed by atoms with van der Waals surface area (Å²) in [6, 6.07) is 16.8. The fourth-order valence-corrected chi connectivity index (χ4v) is 3.34. The molecular weight excluding hydrogens is 380 g/mol. The molecule has 4 rings (SSSR count). The highest BCUT2D eigenvalue weighted by Gasteiger charge is 2.11. The number of fused-ring (bicyclic) bond motifs is 2. The smallest absolute Gasteiger partial charge is 0.261 e. The molecule has 0 fully saturated rings. The van der Waals surface area contributed by atoms with Gasteiger partial charge in [-0.2, -0.15) is 0 Å². The Kier molecular flexibility index (Phi) is 5.70. The number of nitrogens with zero attached hydrogens (tertiary/aromatic N) is 3. The summed E-state index contributed by atoms with van der Waals surface area (Å²) < 4.78 is 7.23. The summed E-state index contributed by atoms with van der Waals surface area (Å²) in [6.07, 6.45) is 2.37. The average molecular weight is 402 g/mol. The molecular formula is C23H22N4O3. The van der Waals surface area contributed by atoms with E-state index in [0.717, 1.165) is 16.7 Å². The fourth-order valence-electron chi connectivity index (χ4n) is 3.34. The van der Waals surface area contributed by atoms with Crippen molar-refractivity contribution >= 4 is 27.7 Å². The van der Waals surface area contributed by atoms with Crippen molar-refractivity contribution in [2.75, 3.05) is 13.2 Å². The molecule has 0 unspecified atom stereocenters. The number of carbonyl (C=O) groups is 1. The molecule has 2 heterocycles. The van der Waals surface area contributed by atoms with Crippen LogP contribution in [0.25, 0.3) is 21.8 Å². The summed E-state index contributed by atoms with van der Waals surface area (Å²) in [4.78, 5) is 33.7. The Balaban J connectivity index is 1.30. The third-order valence-electron chi connectivity index (χ3n) is 4.85. The summed E-state index contributed by atoms with van der Waals surface area (Å²) in [5.74, 6) is 1.01. The van der Waals surface area contributed by atoms with Gasteiger partial charge < -0.3 is 10.1 Å². The number of rotatable bonds is 7. The number of aryl methyl sites for hydroxylation is 1. The second kappa shape index (κ2) is 8.73. The highest BCUT2D eigenvalue weighted by molar-refractivity contribution is 5.84. The molecule has 0 atom stereocenters. The predicted molar refractivity (Wildman–Crippen MR) is 116 cm³/mol. The number of amides is 1. The van der Waals surface area contributed by atoms with Crippen molar-refractivity contribution in [3.05, 3.63) is 77.0 Å². The molecule has 0 saturated heterocycles. The van der Waals surface area contributed by atoms with Gasteiger partial charge in [-0.25, -0.2) is 4.98 Å². The van der Waals surface area contributed by atoms with Crippen LogP contribution < -0.4 is 15.6 Å². The minimum Gasteiger partial charge on any atom is -0.491 e. The van der Waals surface area contributed by atoms with Crippen molar-refractivity contribution in [1.29, 1.82) is 0 Å². The first kappa shape index (κ1) is 19.6. The van der Waals surface area contributed by atoms with Crippen LogP contribution in [0.4, 0.5) is 0 Å². The largest absolute Gasteiger partial charge is 0.491 e. The van der Waals surface area contributed by atoms with Gasteiger partial charge in [-0.3, -0.25) is 19.1 Å². The first-order chi connectivity index (χ1) is 14.6. The normalized spacial score (nSPS) is 11.0. The van der Waals surface area contributed by atoms with Crippen LogP contribution in [0, 0.1) is 6.92 Å². The molecule has 0 aliphatic rings. The van der Waals surface area contributed by atoms with E-state index in [1.165, 1.54) is 4.57 Å². The Hall–Kier alpha value is -3.74. The molecule has 0 saturated carbocycles. The van der Waals surface area contributed by atoms with Crippen molar-refractivity contribution in [2.24, 2.45) is 0 Å². The monoisotopic (exact) mass is 402 g/mol. The number of aromatic nitrogens is 3. The zero-order valence-electron chi connectivity index (χ0n) is 16.7. The third-order valence-corrected chi connectivity index (χ3v) is 4.85. The molecule has 7 nitrogen and oxygen atoms in total. The van der Waals surface area contributed by atoms with Gasteiger partial charge in [0.2, 0.25) is 5.91 Å². The maximum atomic E-state index is 12.6. The zero-order valence-corrected chi connectivity index (χ0v) is 16.7. The van der Waals surface area contributed by atoms with E-state index in [1.807, 2.05) is 36.4 Å². The van der Waals surface area contributed by atoms with E-state index in [0.29, 0.717) is 36.3 Å². The number of benzene rings is 2. The standard InChI is InChI=1S/C23H22N4O3/c1-16-26-19-10-3-2-9-18(19)23(29)27(16)15-21(28)24-13-6-14-30-20-11-4-7-17-8-5-12-25-22(17)20/h2-5,7-12H,6,13-15H2,1H3,(H,24,28). The van der Waals surface area contributed by atoms with Crippen molar-refractivity contribution in [2.45, 2.75) is 19.9 Å². The van der Waals surface area contributed by atoms with E-state index in [-0.39, 0.29) is 18.0 Å². The van der Waals surface area contributed by atoms with Crippen LogP contribution in [0.15, 0.2) is 65.6 Å². The quantitative estimate of drug-likeness (QED) is 0.481. The van der Waals surface area contributed by atoms with Crippen LogP contribution in [0.5, 0.6) is 5.75 Å². The number of ether oxygens (including phenoxy) is 1. The van der Waals surface area contributed by atoms with Crippen LogP contribution in [0.2, 0.25) is 0 Å². The summed E-state index contributed by atoms with van der Waals surface area (Å²) in [5.41, 5.74) is 1.25. The molecule has 4 aromatic rings. The second-order valence-corrected chi connectivity index (χ2v) is 6.95. The molecule has 30 heavy (non-hydrogen) atoms. The lowest BCUT2D eigenvalue weighted by Gasteiger charge is -2.12. The fraction of sp³-hybridized carbons (Fsp3) is 0.217. The summed E-state index contributed by atoms with van der Waals surface area (Å²) >= 11 is 0. The summed E-state index contributed by atoms with van der Waals surface area (Å²) in [6.45, 7) is 2.57. The van der Waals surface area contributed by atoms with E-state index in [1.54, 1.807) is 31.3 Å². The number of para-hydroxylation sites is 2. The molecule has 2 aromatic heterocycles. The molecule has 1 amide bonds. The Labute approximate surface area is 173 Å². The first-order valence-corrected chi connectivity index (χ1v) is 9.83. The lowest BCUT2D eigenvalue weighted by molar-refractivity contribution is -0.121. The van der Waals surface area contributed by atoms with Gasteiger partial charge in [0.15, 0.2) is 0 Å². The van der Waals surface area contributed by atoms with E-state index in [2.05, 4.69) is 15.3 Å². The first-order valence-electron chi connectivity index (χ1n) is 9.83. The molecule has 7 heteroatoms. The predicted octanol–water partition coefficient (Wildman–Crippen LogP) is 2.84. The van der Waals surface area contributed by atoms with Gasteiger partial charge in [0.25, 0.3) is 5.56 Å². The van der Waals surface area contributed by atoms with E-state index >= 15 is 0 Å². The Bertz CT molecular complexity index is 1260. The molecule has 1 N–H and O–H groups in total. The topological polar surface area (TPSA) is 86.1 Å². The third kappa shape index (κ3) is 4.15. The van der Waals surface area contributed by atoms with Gasteiger partial charge in [0, 0.05) is 18.1 Å². The number of nitrogens with one attached hydrogen (secondary N) is 1. The summed E-state index contributed by atoms with van der Waals surface area (Å²) in [5, 5.41) is 4.36. The van der Waals surface area contributed by atoms with Gasteiger partial charge in [0.05, 0.1) is 17.5 Å². The number of hydrogen-bond acceptors (Lipinski definition) is 5. The molecule has 0 spiro atoms. The summed E-state index contributed by atoms with van der Waals surface area (Å²) in [7, 11) is 0. The lowest BCUT2D eigenvalue weighted by Crippen LogP contribution is -2.34. The van der Waals surface area contributed by atoms with Crippen molar-refractivity contribution < 1.29 is 9.53 Å². The number of carbonyl (C=O) groups excluding carboxylic acids is 1. The molecule has 152 valence electrons. The Morgan fingerprint density at radius 1 is 1.10 bits per heavy atom. The van der Waals surface area contributed by atoms with Gasteiger partial charge in [-0.1, -0.05) is 30.3 Å². The van der Waals surface area contributed by atoms with Crippen molar-refractivity contribution in [3.63, 3.8) is 0 Å². The maximum absolute atomic E-state index is 12.6. The maximum Gasteiger partial charge on any atom is 0.261 e. The number of pyridine rings is 1. The zero-order chi connectivity index (χ0) is 20.9. The van der Waals surface area contributed by atoms with Crippen molar-refractivity contribution in [3.8, 4) is 5.75 Å². The van der Waals surface area contributed by atoms with Gasteiger partial charge in [0.1, 0.15) is 23.6 Å². The molecule has 0 bridgehead atoms.